The van der Waals surface area contributed by atoms with Crippen LogP contribution in [0.25, 0.3) is 0 Å². The van der Waals surface area contributed by atoms with Gasteiger partial charge in [-0.2, -0.15) is 0 Å². The van der Waals surface area contributed by atoms with Crippen LogP contribution in [0.5, 0.6) is 0 Å². The third-order valence-corrected chi connectivity index (χ3v) is 2.84. The van der Waals surface area contributed by atoms with Gasteiger partial charge in [-0.25, -0.2) is 4.39 Å². The Labute approximate surface area is 117 Å². The quantitative estimate of drug-likeness (QED) is 0.772. The third kappa shape index (κ3) is 4.97. The van der Waals surface area contributed by atoms with Crippen LogP contribution in [0.4, 0.5) is 15.8 Å². The van der Waals surface area contributed by atoms with Gasteiger partial charge in [0.1, 0.15) is 5.82 Å². The van der Waals surface area contributed by atoms with Crippen molar-refractivity contribution in [3.63, 3.8) is 0 Å². The summed E-state index contributed by atoms with van der Waals surface area (Å²) >= 11 is 0. The first-order valence-corrected chi connectivity index (χ1v) is 6.42. The maximum Gasteiger partial charge on any atom is 0.225 e. The summed E-state index contributed by atoms with van der Waals surface area (Å²) in [5.41, 5.74) is 6.26. The van der Waals surface area contributed by atoms with E-state index in [1.807, 2.05) is 13.8 Å². The Morgan fingerprint density at radius 3 is 2.50 bits per heavy atom. The molecule has 0 aliphatic rings. The molecule has 0 saturated carbocycles. The molecule has 1 unspecified atom stereocenters. The lowest BCUT2D eigenvalue weighted by Crippen LogP contribution is -2.31. The molecule has 20 heavy (non-hydrogen) atoms. The van der Waals surface area contributed by atoms with Crippen LogP contribution in [0.2, 0.25) is 0 Å². The van der Waals surface area contributed by atoms with E-state index >= 15 is 0 Å². The van der Waals surface area contributed by atoms with Crippen molar-refractivity contribution in [1.29, 1.82) is 0 Å². The monoisotopic (exact) mass is 281 g/mol. The van der Waals surface area contributed by atoms with Crippen LogP contribution in [-0.4, -0.2) is 17.9 Å². The number of carbonyl (C=O) groups excluding carboxylic acids is 2. The Kier molecular flexibility index (Phi) is 5.64. The summed E-state index contributed by atoms with van der Waals surface area (Å²) < 4.78 is 13.4. The first-order chi connectivity index (χ1) is 9.29. The van der Waals surface area contributed by atoms with Gasteiger partial charge >= 0.3 is 0 Å². The summed E-state index contributed by atoms with van der Waals surface area (Å²) in [5.74, 6) is -0.984. The van der Waals surface area contributed by atoms with Crippen LogP contribution in [-0.2, 0) is 9.59 Å². The zero-order valence-corrected chi connectivity index (χ0v) is 11.9. The molecule has 2 amide bonds. The van der Waals surface area contributed by atoms with Gasteiger partial charge in [-0.1, -0.05) is 13.8 Å². The van der Waals surface area contributed by atoms with Gasteiger partial charge in [0.25, 0.3) is 0 Å². The standard InChI is InChI=1S/C14H20FN3O2/c1-8(2)12(16)7-14(20)18-10-4-5-11(15)13(6-10)17-9(3)19/h4-6,8,12H,7,16H2,1-3H3,(H,17,19)(H,18,20). The van der Waals surface area contributed by atoms with Crippen molar-refractivity contribution < 1.29 is 14.0 Å². The van der Waals surface area contributed by atoms with E-state index in [0.717, 1.165) is 0 Å². The molecule has 0 fully saturated rings. The number of carbonyl (C=O) groups is 2. The van der Waals surface area contributed by atoms with Gasteiger partial charge in [-0.3, -0.25) is 9.59 Å². The summed E-state index contributed by atoms with van der Waals surface area (Å²) in [6.45, 7) is 5.15. The molecule has 0 aromatic heterocycles. The molecule has 1 atom stereocenters. The third-order valence-electron chi connectivity index (χ3n) is 2.84. The Balaban J connectivity index is 2.73. The molecule has 1 aromatic carbocycles. The Bertz CT molecular complexity index is 503. The van der Waals surface area contributed by atoms with Crippen LogP contribution in [0.1, 0.15) is 27.2 Å². The molecule has 6 heteroatoms. The van der Waals surface area contributed by atoms with Crippen molar-refractivity contribution in [2.75, 3.05) is 10.6 Å². The van der Waals surface area contributed by atoms with Gasteiger partial charge in [0, 0.05) is 25.1 Å². The highest BCUT2D eigenvalue weighted by Gasteiger charge is 2.13. The van der Waals surface area contributed by atoms with Crippen molar-refractivity contribution in [1.82, 2.24) is 0 Å². The molecule has 1 aromatic rings. The molecule has 110 valence electrons. The van der Waals surface area contributed by atoms with E-state index in [9.17, 15) is 14.0 Å². The highest BCUT2D eigenvalue weighted by atomic mass is 19.1. The lowest BCUT2D eigenvalue weighted by atomic mass is 10.0. The van der Waals surface area contributed by atoms with Crippen molar-refractivity contribution in [3.8, 4) is 0 Å². The second kappa shape index (κ2) is 7.00. The Hall–Kier alpha value is -1.95. The number of halogens is 1. The van der Waals surface area contributed by atoms with Crippen LogP contribution in [0.3, 0.4) is 0 Å². The van der Waals surface area contributed by atoms with Crippen LogP contribution in [0, 0.1) is 11.7 Å². The summed E-state index contributed by atoms with van der Waals surface area (Å²) in [7, 11) is 0. The maximum absolute atomic E-state index is 13.4. The van der Waals surface area contributed by atoms with Crippen molar-refractivity contribution >= 4 is 23.2 Å². The molecule has 0 bridgehead atoms. The fourth-order valence-electron chi connectivity index (χ4n) is 1.55. The molecular weight excluding hydrogens is 261 g/mol. The van der Waals surface area contributed by atoms with E-state index < -0.39 is 5.82 Å². The number of benzene rings is 1. The van der Waals surface area contributed by atoms with Gasteiger partial charge in [0.15, 0.2) is 0 Å². The number of amides is 2. The molecule has 4 N–H and O–H groups in total. The minimum absolute atomic E-state index is 0.0310. The molecule has 0 aliphatic carbocycles. The van der Waals surface area contributed by atoms with Crippen molar-refractivity contribution in [2.24, 2.45) is 11.7 Å². The van der Waals surface area contributed by atoms with Crippen LogP contribution in [0.15, 0.2) is 18.2 Å². The fraction of sp³-hybridized carbons (Fsp3) is 0.429. The van der Waals surface area contributed by atoms with Crippen LogP contribution < -0.4 is 16.4 Å². The minimum Gasteiger partial charge on any atom is -0.327 e. The van der Waals surface area contributed by atoms with E-state index in [4.69, 9.17) is 5.73 Å². The zero-order valence-electron chi connectivity index (χ0n) is 11.9. The number of rotatable bonds is 5. The SMILES string of the molecule is CC(=O)Nc1cc(NC(=O)CC(N)C(C)C)ccc1F. The first kappa shape index (κ1) is 16.1. The van der Waals surface area contributed by atoms with E-state index in [0.29, 0.717) is 5.69 Å². The Morgan fingerprint density at radius 2 is 1.95 bits per heavy atom. The van der Waals surface area contributed by atoms with Crippen LogP contribution >= 0.6 is 0 Å². The molecule has 0 radical (unpaired) electrons. The molecule has 1 rings (SSSR count). The van der Waals surface area contributed by atoms with E-state index in [2.05, 4.69) is 10.6 Å². The lowest BCUT2D eigenvalue weighted by molar-refractivity contribution is -0.116. The summed E-state index contributed by atoms with van der Waals surface area (Å²) in [4.78, 5) is 22.7. The number of hydrogen-bond donors (Lipinski definition) is 3. The highest BCUT2D eigenvalue weighted by molar-refractivity contribution is 5.93. The molecule has 0 spiro atoms. The molecule has 0 saturated heterocycles. The number of nitrogens with one attached hydrogen (secondary N) is 2. The molecule has 5 nitrogen and oxygen atoms in total. The predicted octanol–water partition coefficient (Wildman–Crippen LogP) is 2.10. The van der Waals surface area contributed by atoms with Crippen molar-refractivity contribution in [3.05, 3.63) is 24.0 Å². The normalized spacial score (nSPS) is 12.1. The largest absolute Gasteiger partial charge is 0.327 e. The highest BCUT2D eigenvalue weighted by Crippen LogP contribution is 2.20. The molecular formula is C14H20FN3O2. The average molecular weight is 281 g/mol. The average Bonchev–Trinajstić information content (AvgIpc) is 2.32. The number of nitrogens with two attached hydrogens (primary N) is 1. The number of hydrogen-bond acceptors (Lipinski definition) is 3. The number of anilines is 2. The van der Waals surface area contributed by atoms with Gasteiger partial charge in [0.05, 0.1) is 5.69 Å². The maximum atomic E-state index is 13.4. The Morgan fingerprint density at radius 1 is 1.30 bits per heavy atom. The summed E-state index contributed by atoms with van der Waals surface area (Å²) in [6, 6.07) is 3.75. The zero-order chi connectivity index (χ0) is 15.3. The van der Waals surface area contributed by atoms with Gasteiger partial charge in [-0.15, -0.1) is 0 Å². The predicted molar refractivity (Wildman–Crippen MR) is 76.8 cm³/mol. The lowest BCUT2D eigenvalue weighted by Gasteiger charge is -2.15. The van der Waals surface area contributed by atoms with E-state index in [1.54, 1.807) is 0 Å². The van der Waals surface area contributed by atoms with Gasteiger partial charge in [0.2, 0.25) is 11.8 Å². The second-order valence-electron chi connectivity index (χ2n) is 5.04. The van der Waals surface area contributed by atoms with Gasteiger partial charge < -0.3 is 16.4 Å². The molecule has 0 aliphatic heterocycles. The first-order valence-electron chi connectivity index (χ1n) is 6.42. The van der Waals surface area contributed by atoms with Crippen molar-refractivity contribution in [2.45, 2.75) is 33.2 Å². The summed E-state index contributed by atoms with van der Waals surface area (Å²) in [6.07, 6.45) is 0.185. The van der Waals surface area contributed by atoms with E-state index in [1.165, 1.54) is 25.1 Å². The second-order valence-corrected chi connectivity index (χ2v) is 5.04. The smallest absolute Gasteiger partial charge is 0.225 e. The molecule has 0 heterocycles. The summed E-state index contributed by atoms with van der Waals surface area (Å²) in [5, 5.41) is 4.99. The van der Waals surface area contributed by atoms with Gasteiger partial charge in [-0.05, 0) is 24.1 Å². The van der Waals surface area contributed by atoms with E-state index in [-0.39, 0.29) is 35.9 Å². The fourth-order valence-corrected chi connectivity index (χ4v) is 1.55. The topological polar surface area (TPSA) is 84.2 Å². The minimum atomic E-state index is -0.558.